The highest BCUT2D eigenvalue weighted by Gasteiger charge is 2.13. The van der Waals surface area contributed by atoms with Crippen molar-refractivity contribution in [3.8, 4) is 6.07 Å². The van der Waals surface area contributed by atoms with Crippen molar-refractivity contribution < 1.29 is 14.6 Å². The quantitative estimate of drug-likeness (QED) is 0.629. The summed E-state index contributed by atoms with van der Waals surface area (Å²) in [6.07, 6.45) is 0.149. The fourth-order valence-corrected chi connectivity index (χ4v) is 0.530. The number of hydrogen-bond acceptors (Lipinski definition) is 4. The SMILES string of the molecule is CC(C)(O)CCOC(=O)CC#N. The molecule has 68 valence electrons. The van der Waals surface area contributed by atoms with Crippen LogP contribution in [0.4, 0.5) is 0 Å². The van der Waals surface area contributed by atoms with Crippen LogP contribution >= 0.6 is 0 Å². The van der Waals surface area contributed by atoms with Gasteiger partial charge in [0.25, 0.3) is 0 Å². The van der Waals surface area contributed by atoms with Crippen molar-refractivity contribution in [2.45, 2.75) is 32.3 Å². The Kier molecular flexibility index (Phi) is 4.30. The van der Waals surface area contributed by atoms with E-state index >= 15 is 0 Å². The second-order valence-electron chi connectivity index (χ2n) is 3.12. The molecular weight excluding hydrogens is 158 g/mol. The molecule has 0 aromatic heterocycles. The van der Waals surface area contributed by atoms with Gasteiger partial charge in [-0.2, -0.15) is 5.26 Å². The zero-order chi connectivity index (χ0) is 9.61. The second-order valence-corrected chi connectivity index (χ2v) is 3.12. The van der Waals surface area contributed by atoms with E-state index in [2.05, 4.69) is 4.74 Å². The van der Waals surface area contributed by atoms with E-state index < -0.39 is 11.6 Å². The van der Waals surface area contributed by atoms with Crippen molar-refractivity contribution in [1.82, 2.24) is 0 Å². The highest BCUT2D eigenvalue weighted by Crippen LogP contribution is 2.06. The van der Waals surface area contributed by atoms with Gasteiger partial charge in [0.1, 0.15) is 6.42 Å². The lowest BCUT2D eigenvalue weighted by Crippen LogP contribution is -2.21. The summed E-state index contributed by atoms with van der Waals surface area (Å²) in [5, 5.41) is 17.3. The van der Waals surface area contributed by atoms with Gasteiger partial charge in [0.2, 0.25) is 0 Å². The predicted octanol–water partition coefficient (Wildman–Crippen LogP) is 0.604. The molecule has 0 saturated carbocycles. The lowest BCUT2D eigenvalue weighted by Gasteiger charge is -2.15. The average Bonchev–Trinajstić information content (AvgIpc) is 1.84. The van der Waals surface area contributed by atoms with E-state index in [0.717, 1.165) is 0 Å². The van der Waals surface area contributed by atoms with Crippen molar-refractivity contribution in [2.75, 3.05) is 6.61 Å². The van der Waals surface area contributed by atoms with Crippen LogP contribution in [0.2, 0.25) is 0 Å². The van der Waals surface area contributed by atoms with Gasteiger partial charge < -0.3 is 9.84 Å². The van der Waals surface area contributed by atoms with Crippen molar-refractivity contribution in [3.63, 3.8) is 0 Å². The number of rotatable bonds is 4. The number of nitrogens with zero attached hydrogens (tertiary/aromatic N) is 1. The van der Waals surface area contributed by atoms with Crippen molar-refractivity contribution in [1.29, 1.82) is 5.26 Å². The van der Waals surface area contributed by atoms with Crippen LogP contribution in [-0.2, 0) is 9.53 Å². The van der Waals surface area contributed by atoms with Crippen LogP contribution in [0, 0.1) is 11.3 Å². The Morgan fingerprint density at radius 2 is 2.25 bits per heavy atom. The highest BCUT2D eigenvalue weighted by atomic mass is 16.5. The molecule has 4 nitrogen and oxygen atoms in total. The Hall–Kier alpha value is -1.08. The normalized spacial score (nSPS) is 10.5. The minimum atomic E-state index is -0.826. The maximum atomic E-state index is 10.6. The summed E-state index contributed by atoms with van der Waals surface area (Å²) >= 11 is 0. The number of hydrogen-bond donors (Lipinski definition) is 1. The fourth-order valence-electron chi connectivity index (χ4n) is 0.530. The van der Waals surface area contributed by atoms with Gasteiger partial charge in [-0.25, -0.2) is 0 Å². The van der Waals surface area contributed by atoms with Gasteiger partial charge >= 0.3 is 5.97 Å². The molecule has 0 saturated heterocycles. The largest absolute Gasteiger partial charge is 0.465 e. The van der Waals surface area contributed by atoms with E-state index in [4.69, 9.17) is 5.26 Å². The Bertz CT molecular complexity index is 187. The minimum Gasteiger partial charge on any atom is -0.465 e. The summed E-state index contributed by atoms with van der Waals surface area (Å²) in [7, 11) is 0. The lowest BCUT2D eigenvalue weighted by molar-refractivity contribution is -0.143. The van der Waals surface area contributed by atoms with Crippen LogP contribution < -0.4 is 0 Å². The Labute approximate surface area is 71.8 Å². The third-order valence-electron chi connectivity index (χ3n) is 1.20. The van der Waals surface area contributed by atoms with Crippen LogP contribution in [0.3, 0.4) is 0 Å². The molecule has 0 atom stereocenters. The molecule has 0 aromatic rings. The number of aliphatic hydroxyl groups is 1. The maximum absolute atomic E-state index is 10.6. The predicted molar refractivity (Wildman–Crippen MR) is 42.1 cm³/mol. The molecule has 12 heavy (non-hydrogen) atoms. The second kappa shape index (κ2) is 4.73. The summed E-state index contributed by atoms with van der Waals surface area (Å²) in [5.41, 5.74) is -0.826. The van der Waals surface area contributed by atoms with Crippen molar-refractivity contribution in [2.24, 2.45) is 0 Å². The van der Waals surface area contributed by atoms with Crippen LogP contribution in [0.1, 0.15) is 26.7 Å². The zero-order valence-corrected chi connectivity index (χ0v) is 7.33. The van der Waals surface area contributed by atoms with Gasteiger partial charge in [-0.15, -0.1) is 0 Å². The maximum Gasteiger partial charge on any atom is 0.320 e. The summed E-state index contributed by atoms with van der Waals surface area (Å²) < 4.78 is 4.64. The van der Waals surface area contributed by atoms with Crippen molar-refractivity contribution >= 4 is 5.97 Å². The molecule has 0 radical (unpaired) electrons. The van der Waals surface area contributed by atoms with Crippen LogP contribution in [0.5, 0.6) is 0 Å². The Morgan fingerprint density at radius 3 is 2.67 bits per heavy atom. The van der Waals surface area contributed by atoms with Gasteiger partial charge in [-0.3, -0.25) is 4.79 Å². The molecule has 0 aliphatic heterocycles. The molecule has 0 aliphatic rings. The number of ether oxygens (including phenoxy) is 1. The zero-order valence-electron chi connectivity index (χ0n) is 7.33. The number of carbonyl (C=O) groups is 1. The smallest absolute Gasteiger partial charge is 0.320 e. The first-order chi connectivity index (χ1) is 5.45. The van der Waals surface area contributed by atoms with E-state index in [1.807, 2.05) is 0 Å². The highest BCUT2D eigenvalue weighted by molar-refractivity contribution is 5.71. The molecule has 0 fully saturated rings. The number of nitriles is 1. The Balaban J connectivity index is 3.45. The molecule has 0 heterocycles. The van der Waals surface area contributed by atoms with E-state index in [-0.39, 0.29) is 13.0 Å². The van der Waals surface area contributed by atoms with Gasteiger partial charge in [0, 0.05) is 6.42 Å². The average molecular weight is 171 g/mol. The third-order valence-corrected chi connectivity index (χ3v) is 1.20. The standard InChI is InChI=1S/C8H13NO3/c1-8(2,11)4-6-12-7(10)3-5-9/h11H,3-4,6H2,1-2H3. The molecule has 0 spiro atoms. The lowest BCUT2D eigenvalue weighted by atomic mass is 10.1. The van der Waals surface area contributed by atoms with Gasteiger partial charge in [0.15, 0.2) is 0 Å². The molecule has 1 N–H and O–H groups in total. The van der Waals surface area contributed by atoms with Gasteiger partial charge in [-0.05, 0) is 13.8 Å². The third kappa shape index (κ3) is 7.03. The number of carbonyl (C=O) groups excluding carboxylic acids is 1. The molecular formula is C8H13NO3. The first-order valence-corrected chi connectivity index (χ1v) is 3.70. The fraction of sp³-hybridized carbons (Fsp3) is 0.750. The molecule has 0 bridgehead atoms. The summed E-state index contributed by atoms with van der Waals surface area (Å²) in [6.45, 7) is 3.42. The monoisotopic (exact) mass is 171 g/mol. The Morgan fingerprint density at radius 1 is 1.67 bits per heavy atom. The van der Waals surface area contributed by atoms with E-state index in [1.54, 1.807) is 19.9 Å². The van der Waals surface area contributed by atoms with Gasteiger partial charge in [0.05, 0.1) is 18.3 Å². The molecule has 0 unspecified atom stereocenters. The summed E-state index contributed by atoms with van der Waals surface area (Å²) in [6, 6.07) is 1.68. The first-order valence-electron chi connectivity index (χ1n) is 3.70. The first kappa shape index (κ1) is 10.9. The molecule has 0 aliphatic carbocycles. The molecule has 0 amide bonds. The van der Waals surface area contributed by atoms with Gasteiger partial charge in [-0.1, -0.05) is 0 Å². The van der Waals surface area contributed by atoms with Crippen LogP contribution in [0.25, 0.3) is 0 Å². The summed E-state index contributed by atoms with van der Waals surface area (Å²) in [5.74, 6) is -0.540. The van der Waals surface area contributed by atoms with E-state index in [0.29, 0.717) is 6.42 Å². The van der Waals surface area contributed by atoms with E-state index in [1.165, 1.54) is 0 Å². The minimum absolute atomic E-state index is 0.157. The van der Waals surface area contributed by atoms with Crippen LogP contribution in [0.15, 0.2) is 0 Å². The molecule has 0 aromatic carbocycles. The van der Waals surface area contributed by atoms with E-state index in [9.17, 15) is 9.90 Å². The van der Waals surface area contributed by atoms with Crippen molar-refractivity contribution in [3.05, 3.63) is 0 Å². The summed E-state index contributed by atoms with van der Waals surface area (Å²) in [4.78, 5) is 10.6. The van der Waals surface area contributed by atoms with Crippen LogP contribution in [-0.4, -0.2) is 23.3 Å². The number of esters is 1. The topological polar surface area (TPSA) is 70.3 Å². The molecule has 4 heteroatoms. The molecule has 0 rings (SSSR count).